The molecule has 176 valence electrons. The highest BCUT2D eigenvalue weighted by Gasteiger charge is 2.37. The molecule has 3 N–H and O–H groups in total. The van der Waals surface area contributed by atoms with Crippen molar-refractivity contribution in [1.82, 2.24) is 4.90 Å². The predicted octanol–water partition coefficient (Wildman–Crippen LogP) is 3.19. The van der Waals surface area contributed by atoms with Crippen molar-refractivity contribution in [1.29, 1.82) is 0 Å². The molecular weight excluding hydrogens is 420 g/mol. The maximum atomic E-state index is 13.3. The maximum Gasteiger partial charge on any atom is 0.326 e. The Labute approximate surface area is 194 Å². The number of carbonyl (C=O) groups excluding carboxylic acids is 2. The zero-order chi connectivity index (χ0) is 24.0. The lowest BCUT2D eigenvalue weighted by Gasteiger charge is -2.31. The van der Waals surface area contributed by atoms with E-state index in [4.69, 9.17) is 10.5 Å². The van der Waals surface area contributed by atoms with E-state index in [9.17, 15) is 19.5 Å². The first-order valence-corrected chi connectivity index (χ1v) is 11.4. The Morgan fingerprint density at radius 3 is 2.39 bits per heavy atom. The fourth-order valence-corrected chi connectivity index (χ4v) is 4.17. The van der Waals surface area contributed by atoms with E-state index in [0.717, 1.165) is 21.8 Å². The molecule has 0 spiro atoms. The zero-order valence-corrected chi connectivity index (χ0v) is 19.1. The second-order valence-electron chi connectivity index (χ2n) is 8.97. The van der Waals surface area contributed by atoms with Crippen molar-refractivity contribution in [2.45, 2.75) is 64.1 Å². The van der Waals surface area contributed by atoms with Gasteiger partial charge in [0.15, 0.2) is 0 Å². The third-order valence-electron chi connectivity index (χ3n) is 5.81. The number of amides is 2. The third kappa shape index (κ3) is 6.42. The van der Waals surface area contributed by atoms with Gasteiger partial charge in [-0.05, 0) is 42.4 Å². The van der Waals surface area contributed by atoms with Crippen LogP contribution in [-0.2, 0) is 27.2 Å². The number of ether oxygens (including phenoxy) is 1. The molecule has 1 aliphatic heterocycles. The molecule has 3 rings (SSSR count). The number of aliphatic carboxylic acids is 1. The summed E-state index contributed by atoms with van der Waals surface area (Å²) in [5.41, 5.74) is 8.10. The Morgan fingerprint density at radius 2 is 1.76 bits per heavy atom. The Hall–Kier alpha value is -3.19. The quantitative estimate of drug-likeness (QED) is 0.573. The Morgan fingerprint density at radius 1 is 1.09 bits per heavy atom. The van der Waals surface area contributed by atoms with Crippen LogP contribution in [0.4, 0.5) is 0 Å². The van der Waals surface area contributed by atoms with Gasteiger partial charge in [0.1, 0.15) is 17.9 Å². The lowest BCUT2D eigenvalue weighted by atomic mass is 9.99. The van der Waals surface area contributed by atoms with Crippen LogP contribution >= 0.6 is 0 Å². The van der Waals surface area contributed by atoms with Crippen LogP contribution in [0.25, 0.3) is 0 Å². The number of carboxylic acid groups (broad SMARTS) is 1. The average molecular weight is 453 g/mol. The van der Waals surface area contributed by atoms with E-state index in [1.165, 1.54) is 0 Å². The van der Waals surface area contributed by atoms with Crippen LogP contribution in [0.1, 0.15) is 44.2 Å². The molecule has 1 aliphatic rings. The lowest BCUT2D eigenvalue weighted by molar-refractivity contribution is -0.159. The first kappa shape index (κ1) is 24.5. The predicted molar refractivity (Wildman–Crippen MR) is 125 cm³/mol. The topological polar surface area (TPSA) is 110 Å². The number of imide groups is 1. The van der Waals surface area contributed by atoms with Crippen LogP contribution < -0.4 is 10.5 Å². The van der Waals surface area contributed by atoms with Gasteiger partial charge < -0.3 is 15.6 Å². The van der Waals surface area contributed by atoms with Gasteiger partial charge in [-0.15, -0.1) is 0 Å². The molecule has 0 saturated carbocycles. The summed E-state index contributed by atoms with van der Waals surface area (Å²) in [6.07, 6.45) is 1.27. The molecule has 0 radical (unpaired) electrons. The van der Waals surface area contributed by atoms with Gasteiger partial charge in [0, 0.05) is 12.8 Å². The molecule has 7 nitrogen and oxygen atoms in total. The van der Waals surface area contributed by atoms with Crippen molar-refractivity contribution in [3.63, 3.8) is 0 Å². The standard InChI is InChI=1S/C26H32N2O5/c1-17(2)14-22(26(31)32)28(25(30)21(27)15-18-8-4-3-5-9-18)24(29)13-12-20-16-19-10-6-7-11-23(19)33-20/h3-11,17,20-22H,12-16,27H2,1-2H3,(H,31,32). The van der Waals surface area contributed by atoms with E-state index < -0.39 is 29.9 Å². The molecule has 2 amide bonds. The summed E-state index contributed by atoms with van der Waals surface area (Å²) in [6, 6.07) is 14.7. The number of nitrogens with two attached hydrogens (primary N) is 1. The summed E-state index contributed by atoms with van der Waals surface area (Å²) in [7, 11) is 0. The molecular formula is C26H32N2O5. The van der Waals surface area contributed by atoms with Crippen LogP contribution in [0, 0.1) is 5.92 Å². The van der Waals surface area contributed by atoms with Crippen molar-refractivity contribution < 1.29 is 24.2 Å². The van der Waals surface area contributed by atoms with Gasteiger partial charge in [0.05, 0.1) is 6.04 Å². The van der Waals surface area contributed by atoms with Gasteiger partial charge in [-0.1, -0.05) is 62.4 Å². The normalized spacial score (nSPS) is 16.5. The number of carboxylic acids is 1. The highest BCUT2D eigenvalue weighted by Crippen LogP contribution is 2.30. The number of nitrogens with zero attached hydrogens (tertiary/aromatic N) is 1. The van der Waals surface area contributed by atoms with Crippen LogP contribution in [0.2, 0.25) is 0 Å². The number of hydrogen-bond acceptors (Lipinski definition) is 5. The number of benzene rings is 2. The molecule has 3 unspecified atom stereocenters. The molecule has 1 heterocycles. The van der Waals surface area contributed by atoms with Crippen LogP contribution in [0.5, 0.6) is 5.75 Å². The fraction of sp³-hybridized carbons (Fsp3) is 0.423. The first-order chi connectivity index (χ1) is 15.8. The Bertz CT molecular complexity index is 951. The van der Waals surface area contributed by atoms with Gasteiger partial charge in [0.25, 0.3) is 0 Å². The SMILES string of the molecule is CC(C)CC(C(=O)O)N(C(=O)CCC1Cc2ccccc2O1)C(=O)C(N)Cc1ccccc1. The minimum atomic E-state index is -1.26. The van der Waals surface area contributed by atoms with Crippen LogP contribution in [-0.4, -0.2) is 46.0 Å². The molecule has 0 aromatic heterocycles. The van der Waals surface area contributed by atoms with Crippen LogP contribution in [0.3, 0.4) is 0 Å². The number of hydrogen-bond donors (Lipinski definition) is 2. The van der Waals surface area contributed by atoms with Crippen LogP contribution in [0.15, 0.2) is 54.6 Å². The van der Waals surface area contributed by atoms with E-state index in [1.807, 2.05) is 68.4 Å². The molecule has 0 fully saturated rings. The molecule has 0 saturated heterocycles. The third-order valence-corrected chi connectivity index (χ3v) is 5.81. The van der Waals surface area contributed by atoms with Gasteiger partial charge in [-0.2, -0.15) is 0 Å². The van der Waals surface area contributed by atoms with E-state index in [-0.39, 0.29) is 31.3 Å². The molecule has 2 aromatic carbocycles. The summed E-state index contributed by atoms with van der Waals surface area (Å²) >= 11 is 0. The van der Waals surface area contributed by atoms with Crippen molar-refractivity contribution in [2.75, 3.05) is 0 Å². The minimum absolute atomic E-state index is 0.00429. The molecule has 0 aliphatic carbocycles. The minimum Gasteiger partial charge on any atom is -0.490 e. The summed E-state index contributed by atoms with van der Waals surface area (Å²) in [4.78, 5) is 39.5. The zero-order valence-electron chi connectivity index (χ0n) is 19.1. The van der Waals surface area contributed by atoms with Gasteiger partial charge in [0.2, 0.25) is 11.8 Å². The Kier molecular flexibility index (Phi) is 8.22. The summed E-state index contributed by atoms with van der Waals surface area (Å²) in [5, 5.41) is 9.85. The number of rotatable bonds is 10. The second kappa shape index (κ2) is 11.1. The molecule has 7 heteroatoms. The molecule has 33 heavy (non-hydrogen) atoms. The summed E-state index contributed by atoms with van der Waals surface area (Å²) in [6.45, 7) is 3.72. The number of para-hydroxylation sites is 1. The van der Waals surface area contributed by atoms with Gasteiger partial charge in [-0.3, -0.25) is 14.5 Å². The van der Waals surface area contributed by atoms with E-state index in [2.05, 4.69) is 0 Å². The van der Waals surface area contributed by atoms with Gasteiger partial charge >= 0.3 is 5.97 Å². The average Bonchev–Trinajstić information content (AvgIpc) is 3.20. The smallest absolute Gasteiger partial charge is 0.326 e. The molecule has 3 atom stereocenters. The molecule has 2 aromatic rings. The summed E-state index contributed by atoms with van der Waals surface area (Å²) in [5.74, 6) is -1.62. The maximum absolute atomic E-state index is 13.3. The summed E-state index contributed by atoms with van der Waals surface area (Å²) < 4.78 is 5.90. The largest absolute Gasteiger partial charge is 0.490 e. The van der Waals surface area contributed by atoms with E-state index >= 15 is 0 Å². The van der Waals surface area contributed by atoms with Crippen molar-refractivity contribution in [3.05, 3.63) is 65.7 Å². The highest BCUT2D eigenvalue weighted by molar-refractivity contribution is 6.01. The van der Waals surface area contributed by atoms with E-state index in [0.29, 0.717) is 12.8 Å². The first-order valence-electron chi connectivity index (χ1n) is 11.4. The van der Waals surface area contributed by atoms with Crippen molar-refractivity contribution >= 4 is 17.8 Å². The van der Waals surface area contributed by atoms with E-state index in [1.54, 1.807) is 0 Å². The lowest BCUT2D eigenvalue weighted by Crippen LogP contribution is -2.55. The monoisotopic (exact) mass is 452 g/mol. The van der Waals surface area contributed by atoms with Gasteiger partial charge in [-0.25, -0.2) is 4.79 Å². The second-order valence-corrected chi connectivity index (χ2v) is 8.97. The van der Waals surface area contributed by atoms with Crippen molar-refractivity contribution in [3.8, 4) is 5.75 Å². The van der Waals surface area contributed by atoms with Crippen molar-refractivity contribution in [2.24, 2.45) is 11.7 Å². The number of carbonyl (C=O) groups is 3. The fourth-order valence-electron chi connectivity index (χ4n) is 4.17. The molecule has 0 bridgehead atoms. The highest BCUT2D eigenvalue weighted by atomic mass is 16.5. The Balaban J connectivity index is 1.73. The number of fused-ring (bicyclic) bond motifs is 1.